The number of pyridine rings is 1. The molecule has 3 heterocycles. The average Bonchev–Trinajstić information content (AvgIpc) is 3.30. The minimum Gasteiger partial charge on any atom is -0.322 e. The van der Waals surface area contributed by atoms with Crippen molar-refractivity contribution in [3.05, 3.63) is 53.6 Å². The summed E-state index contributed by atoms with van der Waals surface area (Å²) in [5, 5.41) is 15.6. The Morgan fingerprint density at radius 3 is 2.83 bits per heavy atom. The zero-order valence-corrected chi connectivity index (χ0v) is 17.2. The standard InChI is InChI=1S/C22H23N7O/c1-12(2)29-21-16(11-23-29)10-18(13(3)24-21)22(30)25-17-6-4-5-15(9-17)20-26-19(27-28-20)14-7-8-14/h4-6,9-12,14H,7-8H2,1-3H3,(H,25,30)(H,26,27,28). The van der Waals surface area contributed by atoms with Crippen LogP contribution in [0.1, 0.15) is 60.5 Å². The summed E-state index contributed by atoms with van der Waals surface area (Å²) >= 11 is 0. The molecule has 1 fully saturated rings. The van der Waals surface area contributed by atoms with Gasteiger partial charge in [-0.3, -0.25) is 9.89 Å². The third-order valence-electron chi connectivity index (χ3n) is 5.34. The highest BCUT2D eigenvalue weighted by molar-refractivity contribution is 6.06. The van der Waals surface area contributed by atoms with Crippen LogP contribution in [0.4, 0.5) is 5.69 Å². The van der Waals surface area contributed by atoms with Gasteiger partial charge in [-0.15, -0.1) is 0 Å². The fourth-order valence-electron chi connectivity index (χ4n) is 3.55. The molecule has 0 radical (unpaired) electrons. The van der Waals surface area contributed by atoms with E-state index in [0.29, 0.717) is 28.7 Å². The molecule has 0 bridgehead atoms. The molecular formula is C22H23N7O. The molecule has 8 heteroatoms. The lowest BCUT2D eigenvalue weighted by atomic mass is 10.1. The van der Waals surface area contributed by atoms with Crippen LogP contribution in [0.25, 0.3) is 22.4 Å². The molecule has 8 nitrogen and oxygen atoms in total. The number of aromatic nitrogens is 6. The van der Waals surface area contributed by atoms with E-state index in [1.807, 2.05) is 41.9 Å². The molecule has 0 saturated heterocycles. The van der Waals surface area contributed by atoms with E-state index >= 15 is 0 Å². The van der Waals surface area contributed by atoms with Crippen LogP contribution in [-0.4, -0.2) is 35.9 Å². The minimum absolute atomic E-state index is 0.202. The Balaban J connectivity index is 1.40. The van der Waals surface area contributed by atoms with Crippen molar-refractivity contribution in [1.29, 1.82) is 0 Å². The van der Waals surface area contributed by atoms with Crippen LogP contribution in [0.15, 0.2) is 36.5 Å². The van der Waals surface area contributed by atoms with Crippen molar-refractivity contribution in [2.45, 2.75) is 45.6 Å². The Morgan fingerprint density at radius 1 is 1.23 bits per heavy atom. The lowest BCUT2D eigenvalue weighted by Gasteiger charge is -2.10. The maximum absolute atomic E-state index is 13.0. The van der Waals surface area contributed by atoms with Crippen LogP contribution < -0.4 is 5.32 Å². The Morgan fingerprint density at radius 2 is 2.07 bits per heavy atom. The quantitative estimate of drug-likeness (QED) is 0.521. The molecule has 0 spiro atoms. The zero-order chi connectivity index (χ0) is 20.8. The number of amides is 1. The summed E-state index contributed by atoms with van der Waals surface area (Å²) in [5.74, 6) is 1.90. The molecule has 3 aromatic heterocycles. The first-order chi connectivity index (χ1) is 14.5. The number of fused-ring (bicyclic) bond motifs is 1. The molecule has 30 heavy (non-hydrogen) atoms. The maximum atomic E-state index is 13.0. The Kier molecular flexibility index (Phi) is 4.34. The van der Waals surface area contributed by atoms with Crippen LogP contribution >= 0.6 is 0 Å². The lowest BCUT2D eigenvalue weighted by Crippen LogP contribution is -2.14. The first-order valence-corrected chi connectivity index (χ1v) is 10.2. The Hall–Kier alpha value is -3.55. The number of H-pyrrole nitrogens is 1. The highest BCUT2D eigenvalue weighted by Gasteiger charge is 2.27. The topological polar surface area (TPSA) is 101 Å². The van der Waals surface area contributed by atoms with E-state index in [9.17, 15) is 4.79 Å². The van der Waals surface area contributed by atoms with Gasteiger partial charge in [0.2, 0.25) is 0 Å². The average molecular weight is 401 g/mol. The number of nitrogens with one attached hydrogen (secondary N) is 2. The summed E-state index contributed by atoms with van der Waals surface area (Å²) in [6.07, 6.45) is 4.08. The second-order valence-electron chi connectivity index (χ2n) is 8.07. The third-order valence-corrected chi connectivity index (χ3v) is 5.34. The number of benzene rings is 1. The predicted octanol–water partition coefficient (Wildman–Crippen LogP) is 4.24. The van der Waals surface area contributed by atoms with E-state index in [1.54, 1.807) is 6.20 Å². The van der Waals surface area contributed by atoms with E-state index in [1.165, 1.54) is 12.8 Å². The van der Waals surface area contributed by atoms with Gasteiger partial charge in [0.25, 0.3) is 5.91 Å². The molecule has 2 N–H and O–H groups in total. The molecule has 0 unspecified atom stereocenters. The summed E-state index contributed by atoms with van der Waals surface area (Å²) in [6, 6.07) is 9.62. The van der Waals surface area contributed by atoms with Crippen LogP contribution in [0.2, 0.25) is 0 Å². The summed E-state index contributed by atoms with van der Waals surface area (Å²) in [5.41, 5.74) is 3.54. The van der Waals surface area contributed by atoms with E-state index in [-0.39, 0.29) is 11.9 Å². The molecule has 1 aromatic carbocycles. The Bertz CT molecular complexity index is 1250. The number of carbonyl (C=O) groups excluding carboxylic acids is 1. The van der Waals surface area contributed by atoms with Crippen LogP contribution in [0.5, 0.6) is 0 Å². The largest absolute Gasteiger partial charge is 0.322 e. The van der Waals surface area contributed by atoms with Crippen molar-refractivity contribution in [2.75, 3.05) is 5.32 Å². The summed E-state index contributed by atoms with van der Waals surface area (Å²) < 4.78 is 1.86. The van der Waals surface area contributed by atoms with Crippen molar-refractivity contribution >= 4 is 22.6 Å². The molecule has 1 amide bonds. The molecule has 1 aliphatic carbocycles. The summed E-state index contributed by atoms with van der Waals surface area (Å²) in [6.45, 7) is 5.95. The predicted molar refractivity (Wildman–Crippen MR) is 114 cm³/mol. The molecule has 152 valence electrons. The number of hydrogen-bond donors (Lipinski definition) is 2. The number of aryl methyl sites for hydroxylation is 1. The smallest absolute Gasteiger partial charge is 0.257 e. The van der Waals surface area contributed by atoms with E-state index in [2.05, 4.69) is 44.4 Å². The normalized spacial score (nSPS) is 13.9. The minimum atomic E-state index is -0.204. The molecule has 5 rings (SSSR count). The number of rotatable bonds is 5. The molecule has 0 atom stereocenters. The van der Waals surface area contributed by atoms with Crippen molar-refractivity contribution < 1.29 is 4.79 Å². The fourth-order valence-corrected chi connectivity index (χ4v) is 3.55. The van der Waals surface area contributed by atoms with E-state index in [0.717, 1.165) is 22.4 Å². The van der Waals surface area contributed by atoms with Gasteiger partial charge in [-0.25, -0.2) is 14.6 Å². The molecular weight excluding hydrogens is 378 g/mol. The third kappa shape index (κ3) is 3.34. The van der Waals surface area contributed by atoms with Crippen LogP contribution in [0.3, 0.4) is 0 Å². The highest BCUT2D eigenvalue weighted by Crippen LogP contribution is 2.38. The van der Waals surface area contributed by atoms with Gasteiger partial charge >= 0.3 is 0 Å². The van der Waals surface area contributed by atoms with Gasteiger partial charge < -0.3 is 5.32 Å². The van der Waals surface area contributed by atoms with Crippen LogP contribution in [0, 0.1) is 6.92 Å². The zero-order valence-electron chi connectivity index (χ0n) is 17.2. The Labute approximate surface area is 173 Å². The second kappa shape index (κ2) is 7.05. The SMILES string of the molecule is Cc1nc2c(cnn2C(C)C)cc1C(=O)Nc1cccc(-c2n[nH]c(C3CC3)n2)c1. The molecule has 0 aliphatic heterocycles. The van der Waals surface area contributed by atoms with Gasteiger partial charge in [-0.1, -0.05) is 12.1 Å². The van der Waals surface area contributed by atoms with Gasteiger partial charge in [-0.2, -0.15) is 10.2 Å². The number of nitrogens with zero attached hydrogens (tertiary/aromatic N) is 5. The van der Waals surface area contributed by atoms with Gasteiger partial charge in [0, 0.05) is 28.6 Å². The fraction of sp³-hybridized carbons (Fsp3) is 0.318. The van der Waals surface area contributed by atoms with Gasteiger partial charge in [-0.05, 0) is 51.8 Å². The van der Waals surface area contributed by atoms with Gasteiger partial charge in [0.1, 0.15) is 5.82 Å². The first kappa shape index (κ1) is 18.5. The lowest BCUT2D eigenvalue weighted by molar-refractivity contribution is 0.102. The molecule has 4 aromatic rings. The molecule has 1 aliphatic rings. The van der Waals surface area contributed by atoms with E-state index < -0.39 is 0 Å². The first-order valence-electron chi connectivity index (χ1n) is 10.2. The van der Waals surface area contributed by atoms with Crippen molar-refractivity contribution in [1.82, 2.24) is 29.9 Å². The van der Waals surface area contributed by atoms with Crippen molar-refractivity contribution in [3.63, 3.8) is 0 Å². The van der Waals surface area contributed by atoms with Crippen LogP contribution in [-0.2, 0) is 0 Å². The summed E-state index contributed by atoms with van der Waals surface area (Å²) in [7, 11) is 0. The highest BCUT2D eigenvalue weighted by atomic mass is 16.1. The van der Waals surface area contributed by atoms with Crippen molar-refractivity contribution in [3.8, 4) is 11.4 Å². The second-order valence-corrected chi connectivity index (χ2v) is 8.07. The van der Waals surface area contributed by atoms with Gasteiger partial charge in [0.05, 0.1) is 17.5 Å². The number of carbonyl (C=O) groups is 1. The number of anilines is 1. The number of aromatic amines is 1. The van der Waals surface area contributed by atoms with Crippen molar-refractivity contribution in [2.24, 2.45) is 0 Å². The summed E-state index contributed by atoms with van der Waals surface area (Å²) in [4.78, 5) is 22.2. The van der Waals surface area contributed by atoms with Gasteiger partial charge in [0.15, 0.2) is 11.5 Å². The number of hydrogen-bond acceptors (Lipinski definition) is 5. The van der Waals surface area contributed by atoms with E-state index in [4.69, 9.17) is 0 Å². The molecule has 1 saturated carbocycles. The maximum Gasteiger partial charge on any atom is 0.257 e. The monoisotopic (exact) mass is 401 g/mol.